The van der Waals surface area contributed by atoms with Gasteiger partial charge in [0.25, 0.3) is 0 Å². The lowest BCUT2D eigenvalue weighted by molar-refractivity contribution is -0.140. The van der Waals surface area contributed by atoms with E-state index in [4.69, 9.17) is 11.6 Å². The monoisotopic (exact) mass is 400 g/mol. The molecule has 5 heteroatoms. The number of rotatable bonds is 8. The molecule has 0 aliphatic carbocycles. The topological polar surface area (TPSA) is 49.4 Å². The van der Waals surface area contributed by atoms with Crippen molar-refractivity contribution in [2.75, 3.05) is 6.54 Å². The second-order valence-corrected chi connectivity index (χ2v) is 8.07. The summed E-state index contributed by atoms with van der Waals surface area (Å²) in [5, 5.41) is 3.54. The number of benzene rings is 2. The average Bonchev–Trinajstić information content (AvgIpc) is 2.63. The Balaban J connectivity index is 2.21. The van der Waals surface area contributed by atoms with E-state index in [0.717, 1.165) is 16.7 Å². The summed E-state index contributed by atoms with van der Waals surface area (Å²) in [7, 11) is 0. The highest BCUT2D eigenvalue weighted by Crippen LogP contribution is 2.16. The molecule has 0 fully saturated rings. The minimum absolute atomic E-state index is 0.0854. The van der Waals surface area contributed by atoms with Crippen LogP contribution in [-0.2, 0) is 22.6 Å². The maximum absolute atomic E-state index is 13.1. The zero-order valence-corrected chi connectivity index (χ0v) is 17.8. The molecule has 0 saturated heterocycles. The molecule has 2 amide bonds. The van der Waals surface area contributed by atoms with Crippen molar-refractivity contribution in [2.45, 2.75) is 46.7 Å². The fourth-order valence-electron chi connectivity index (χ4n) is 2.97. The van der Waals surface area contributed by atoms with Crippen molar-refractivity contribution in [3.8, 4) is 0 Å². The first-order valence-electron chi connectivity index (χ1n) is 9.63. The number of halogens is 1. The minimum atomic E-state index is -0.574. The predicted molar refractivity (Wildman–Crippen MR) is 114 cm³/mol. The van der Waals surface area contributed by atoms with Gasteiger partial charge in [-0.2, -0.15) is 0 Å². The zero-order valence-electron chi connectivity index (χ0n) is 17.0. The van der Waals surface area contributed by atoms with Gasteiger partial charge in [0.1, 0.15) is 6.04 Å². The minimum Gasteiger partial charge on any atom is -0.354 e. The lowest BCUT2D eigenvalue weighted by Gasteiger charge is -2.29. The van der Waals surface area contributed by atoms with Crippen molar-refractivity contribution < 1.29 is 9.59 Å². The van der Waals surface area contributed by atoms with Gasteiger partial charge in [-0.05, 0) is 43.0 Å². The average molecular weight is 401 g/mol. The van der Waals surface area contributed by atoms with Crippen LogP contribution >= 0.6 is 11.6 Å². The molecule has 28 heavy (non-hydrogen) atoms. The van der Waals surface area contributed by atoms with Crippen LogP contribution in [-0.4, -0.2) is 29.3 Å². The molecule has 0 aliphatic heterocycles. The van der Waals surface area contributed by atoms with Crippen LogP contribution in [0.5, 0.6) is 0 Å². The number of nitrogens with zero attached hydrogens (tertiary/aromatic N) is 1. The molecular weight excluding hydrogens is 372 g/mol. The highest BCUT2D eigenvalue weighted by atomic mass is 35.5. The number of hydrogen-bond acceptors (Lipinski definition) is 2. The van der Waals surface area contributed by atoms with E-state index in [-0.39, 0.29) is 18.2 Å². The molecule has 0 aliphatic rings. The van der Waals surface area contributed by atoms with Gasteiger partial charge in [0.2, 0.25) is 11.8 Å². The van der Waals surface area contributed by atoms with Gasteiger partial charge in [-0.3, -0.25) is 9.59 Å². The highest BCUT2D eigenvalue weighted by Gasteiger charge is 2.26. The van der Waals surface area contributed by atoms with Crippen molar-refractivity contribution in [3.05, 3.63) is 70.2 Å². The summed E-state index contributed by atoms with van der Waals surface area (Å²) in [5.41, 5.74) is 2.94. The van der Waals surface area contributed by atoms with E-state index in [0.29, 0.717) is 24.0 Å². The highest BCUT2D eigenvalue weighted by molar-refractivity contribution is 6.30. The molecule has 0 bridgehead atoms. The molecule has 2 aromatic rings. The summed E-state index contributed by atoms with van der Waals surface area (Å²) in [6, 6.07) is 14.7. The number of nitrogens with one attached hydrogen (secondary N) is 1. The Morgan fingerprint density at radius 3 is 2.36 bits per heavy atom. The van der Waals surface area contributed by atoms with Gasteiger partial charge < -0.3 is 10.2 Å². The molecule has 1 atom stereocenters. The number of carbonyl (C=O) groups is 2. The predicted octanol–water partition coefficient (Wildman–Crippen LogP) is 4.38. The third kappa shape index (κ3) is 6.68. The molecule has 1 unspecified atom stereocenters. The molecule has 1 N–H and O–H groups in total. The molecule has 0 saturated carbocycles. The van der Waals surface area contributed by atoms with E-state index in [1.54, 1.807) is 17.9 Å². The summed E-state index contributed by atoms with van der Waals surface area (Å²) in [6.45, 7) is 8.77. The molecule has 0 radical (unpaired) electrons. The van der Waals surface area contributed by atoms with Crippen LogP contribution < -0.4 is 5.32 Å². The van der Waals surface area contributed by atoms with E-state index in [9.17, 15) is 9.59 Å². The Kier molecular flexibility index (Phi) is 8.06. The molecule has 0 spiro atoms. The van der Waals surface area contributed by atoms with Crippen LogP contribution in [0.1, 0.15) is 37.5 Å². The van der Waals surface area contributed by atoms with Gasteiger partial charge in [-0.1, -0.05) is 67.4 Å². The van der Waals surface area contributed by atoms with Gasteiger partial charge in [-0.25, -0.2) is 0 Å². The fraction of sp³-hybridized carbons (Fsp3) is 0.391. The van der Waals surface area contributed by atoms with E-state index in [1.165, 1.54) is 0 Å². The van der Waals surface area contributed by atoms with Crippen molar-refractivity contribution in [2.24, 2.45) is 5.92 Å². The summed E-state index contributed by atoms with van der Waals surface area (Å²) in [4.78, 5) is 27.4. The zero-order chi connectivity index (χ0) is 20.7. The van der Waals surface area contributed by atoms with Crippen LogP contribution in [0, 0.1) is 12.8 Å². The van der Waals surface area contributed by atoms with Crippen LogP contribution in [0.4, 0.5) is 0 Å². The van der Waals surface area contributed by atoms with Crippen molar-refractivity contribution in [1.82, 2.24) is 10.2 Å². The maximum atomic E-state index is 13.1. The van der Waals surface area contributed by atoms with Crippen molar-refractivity contribution in [1.29, 1.82) is 0 Å². The van der Waals surface area contributed by atoms with Gasteiger partial charge in [0, 0.05) is 18.1 Å². The number of carbonyl (C=O) groups excluding carboxylic acids is 2. The van der Waals surface area contributed by atoms with E-state index < -0.39 is 6.04 Å². The first kappa shape index (κ1) is 22.0. The van der Waals surface area contributed by atoms with Crippen molar-refractivity contribution >= 4 is 23.4 Å². The normalized spacial score (nSPS) is 11.9. The standard InChI is InChI=1S/C23H29ClN2O2/c1-16(2)14-25-23(28)18(4)26(15-20-9-6-10-21(24)12-20)22(27)13-19-8-5-7-17(3)11-19/h5-12,16,18H,13-15H2,1-4H3,(H,25,28). The Labute approximate surface area is 172 Å². The Bertz CT molecular complexity index is 820. The third-order valence-corrected chi connectivity index (χ3v) is 4.77. The van der Waals surface area contributed by atoms with E-state index in [2.05, 4.69) is 5.32 Å². The first-order valence-corrected chi connectivity index (χ1v) is 10.0. The summed E-state index contributed by atoms with van der Waals surface area (Å²) in [5.74, 6) is 0.117. The molecule has 0 heterocycles. The molecular formula is C23H29ClN2O2. The smallest absolute Gasteiger partial charge is 0.242 e. The van der Waals surface area contributed by atoms with Crippen molar-refractivity contribution in [3.63, 3.8) is 0 Å². The Morgan fingerprint density at radius 1 is 1.04 bits per heavy atom. The molecule has 4 nitrogen and oxygen atoms in total. The fourth-order valence-corrected chi connectivity index (χ4v) is 3.18. The number of amides is 2. The molecule has 2 rings (SSSR count). The molecule has 2 aromatic carbocycles. The van der Waals surface area contributed by atoms with Crippen LogP contribution in [0.25, 0.3) is 0 Å². The van der Waals surface area contributed by atoms with E-state index in [1.807, 2.05) is 63.2 Å². The van der Waals surface area contributed by atoms with Gasteiger partial charge in [0.15, 0.2) is 0 Å². The van der Waals surface area contributed by atoms with Crippen LogP contribution in [0.2, 0.25) is 5.02 Å². The van der Waals surface area contributed by atoms with Gasteiger partial charge >= 0.3 is 0 Å². The lowest BCUT2D eigenvalue weighted by Crippen LogP contribution is -2.48. The summed E-state index contributed by atoms with van der Waals surface area (Å²) >= 11 is 6.10. The quantitative estimate of drug-likeness (QED) is 0.714. The second kappa shape index (κ2) is 10.3. The maximum Gasteiger partial charge on any atom is 0.242 e. The molecule has 0 aromatic heterocycles. The second-order valence-electron chi connectivity index (χ2n) is 7.63. The third-order valence-electron chi connectivity index (χ3n) is 4.53. The Hall–Kier alpha value is -2.33. The van der Waals surface area contributed by atoms with Gasteiger partial charge in [-0.15, -0.1) is 0 Å². The number of hydrogen-bond donors (Lipinski definition) is 1. The Morgan fingerprint density at radius 2 is 1.71 bits per heavy atom. The van der Waals surface area contributed by atoms with Gasteiger partial charge in [0.05, 0.1) is 6.42 Å². The number of aryl methyl sites for hydroxylation is 1. The van der Waals surface area contributed by atoms with Crippen LogP contribution in [0.3, 0.4) is 0 Å². The van der Waals surface area contributed by atoms with Crippen LogP contribution in [0.15, 0.2) is 48.5 Å². The lowest BCUT2D eigenvalue weighted by atomic mass is 10.1. The summed E-state index contributed by atoms with van der Waals surface area (Å²) < 4.78 is 0. The largest absolute Gasteiger partial charge is 0.354 e. The SMILES string of the molecule is Cc1cccc(CC(=O)N(Cc2cccc(Cl)c2)C(C)C(=O)NCC(C)C)c1. The molecule has 150 valence electrons. The van der Waals surface area contributed by atoms with E-state index >= 15 is 0 Å². The summed E-state index contributed by atoms with van der Waals surface area (Å²) in [6.07, 6.45) is 0.254. The first-order chi connectivity index (χ1) is 13.3.